The topological polar surface area (TPSA) is 80.1 Å². The van der Waals surface area contributed by atoms with Crippen molar-refractivity contribution < 1.29 is 14.0 Å². The van der Waals surface area contributed by atoms with E-state index >= 15 is 0 Å². The number of fused-ring (bicyclic) bond motifs is 3. The molecule has 1 fully saturated rings. The van der Waals surface area contributed by atoms with Crippen molar-refractivity contribution in [2.45, 2.75) is 32.2 Å². The number of anilines is 2. The average Bonchev–Trinajstić information content (AvgIpc) is 3.59. The molecule has 1 aliphatic carbocycles. The number of nitrogens with zero attached hydrogens (tertiary/aromatic N) is 4. The molecule has 2 aromatic carbocycles. The lowest BCUT2D eigenvalue weighted by Gasteiger charge is -2.23. The van der Waals surface area contributed by atoms with E-state index in [0.717, 1.165) is 40.4 Å². The van der Waals surface area contributed by atoms with Crippen molar-refractivity contribution in [1.29, 1.82) is 0 Å². The molecule has 0 atom stereocenters. The van der Waals surface area contributed by atoms with Gasteiger partial charge in [0, 0.05) is 35.4 Å². The highest BCUT2D eigenvalue weighted by Gasteiger charge is 2.30. The highest BCUT2D eigenvalue weighted by molar-refractivity contribution is 7.17. The van der Waals surface area contributed by atoms with Crippen molar-refractivity contribution in [2.75, 3.05) is 16.8 Å². The number of pyridine rings is 1. The molecule has 1 N–H and O–H groups in total. The molecule has 0 radical (unpaired) electrons. The number of aromatic nitrogens is 3. The van der Waals surface area contributed by atoms with Crippen LogP contribution in [-0.2, 0) is 6.42 Å². The van der Waals surface area contributed by atoms with Crippen molar-refractivity contribution in [1.82, 2.24) is 14.5 Å². The molecule has 9 heteroatoms. The van der Waals surface area contributed by atoms with E-state index in [4.69, 9.17) is 4.98 Å². The number of imidazole rings is 1. The molecule has 4 heterocycles. The van der Waals surface area contributed by atoms with E-state index in [1.165, 1.54) is 17.4 Å². The number of nitrogens with one attached hydrogen (secondary N) is 1. The summed E-state index contributed by atoms with van der Waals surface area (Å²) in [7, 11) is 0. The molecule has 2 aliphatic rings. The largest absolute Gasteiger partial charge is 0.327 e. The zero-order valence-corrected chi connectivity index (χ0v) is 23.1. The minimum atomic E-state index is -0.467. The van der Waals surface area contributed by atoms with Gasteiger partial charge in [0.25, 0.3) is 11.8 Å². The van der Waals surface area contributed by atoms with E-state index in [9.17, 15) is 14.0 Å². The fourth-order valence-electron chi connectivity index (χ4n) is 5.36. The zero-order valence-electron chi connectivity index (χ0n) is 22.3. The van der Waals surface area contributed by atoms with Crippen LogP contribution in [0.3, 0.4) is 0 Å². The summed E-state index contributed by atoms with van der Waals surface area (Å²) in [5.74, 6) is -0.235. The molecule has 2 amide bonds. The Morgan fingerprint density at radius 2 is 1.88 bits per heavy atom. The standard InChI is InChI=1S/C32H26FN5O2S/c1-19-6-4-8-23(33)28(19)36-31(39)27-18-20-14-16-38(26-11-3-2-7-22(26)29(20)41-27)32(40)25-10-5-9-24(35-25)30-34-15-17-37(30)21-12-13-21/h2-11,15,17-18,21H,12-14,16H2,1H3,(H,36,39). The van der Waals surface area contributed by atoms with Crippen LogP contribution in [0.15, 0.2) is 79.1 Å². The first-order valence-electron chi connectivity index (χ1n) is 13.6. The molecule has 0 unspecified atom stereocenters. The lowest BCUT2D eigenvalue weighted by molar-refractivity contribution is 0.0981. The molecule has 5 aromatic rings. The molecule has 1 aliphatic heterocycles. The van der Waals surface area contributed by atoms with Gasteiger partial charge in [-0.15, -0.1) is 11.3 Å². The molecule has 41 heavy (non-hydrogen) atoms. The number of thiophene rings is 1. The number of hydrogen-bond acceptors (Lipinski definition) is 5. The number of hydrogen-bond donors (Lipinski definition) is 1. The molecule has 7 rings (SSSR count). The summed E-state index contributed by atoms with van der Waals surface area (Å²) in [6.45, 7) is 2.19. The minimum Gasteiger partial charge on any atom is -0.327 e. The quantitative estimate of drug-likeness (QED) is 0.252. The van der Waals surface area contributed by atoms with Gasteiger partial charge in [-0.25, -0.2) is 14.4 Å². The third kappa shape index (κ3) is 4.62. The SMILES string of the molecule is Cc1cccc(F)c1NC(=O)c1cc2c(s1)-c1ccccc1N(C(=O)c1cccc(-c3nccn3C3CC3)n1)CC2. The zero-order chi connectivity index (χ0) is 28.1. The summed E-state index contributed by atoms with van der Waals surface area (Å²) in [6, 6.07) is 20.2. The van der Waals surface area contributed by atoms with Crippen LogP contribution in [0.25, 0.3) is 22.0 Å². The Morgan fingerprint density at radius 1 is 1.05 bits per heavy atom. The van der Waals surface area contributed by atoms with Gasteiger partial charge in [-0.2, -0.15) is 0 Å². The summed E-state index contributed by atoms with van der Waals surface area (Å²) in [4.78, 5) is 39.5. The second-order valence-electron chi connectivity index (χ2n) is 10.4. The first-order valence-corrected chi connectivity index (χ1v) is 14.4. The van der Waals surface area contributed by atoms with Crippen LogP contribution in [-0.4, -0.2) is 32.9 Å². The Balaban J connectivity index is 1.19. The fraction of sp³-hybridized carbons (Fsp3) is 0.188. The third-order valence-corrected chi connectivity index (χ3v) is 8.80. The molecule has 0 spiro atoms. The van der Waals surface area contributed by atoms with E-state index in [-0.39, 0.29) is 17.5 Å². The van der Waals surface area contributed by atoms with Gasteiger partial charge in [0.2, 0.25) is 0 Å². The van der Waals surface area contributed by atoms with Gasteiger partial charge >= 0.3 is 0 Å². The highest BCUT2D eigenvalue weighted by Crippen LogP contribution is 2.42. The molecular formula is C32H26FN5O2S. The fourth-order valence-corrected chi connectivity index (χ4v) is 6.50. The van der Waals surface area contributed by atoms with Gasteiger partial charge in [0.15, 0.2) is 5.82 Å². The Bertz CT molecular complexity index is 1800. The molecule has 3 aromatic heterocycles. The van der Waals surface area contributed by atoms with Crippen LogP contribution in [0.5, 0.6) is 0 Å². The Kier molecular flexibility index (Phi) is 6.23. The van der Waals surface area contributed by atoms with Crippen LogP contribution in [0.4, 0.5) is 15.8 Å². The van der Waals surface area contributed by atoms with Gasteiger partial charge < -0.3 is 14.8 Å². The maximum atomic E-state index is 14.4. The first-order chi connectivity index (χ1) is 20.0. The molecule has 1 saturated carbocycles. The summed E-state index contributed by atoms with van der Waals surface area (Å²) in [5, 5.41) is 2.74. The predicted octanol–water partition coefficient (Wildman–Crippen LogP) is 6.91. The maximum Gasteiger partial charge on any atom is 0.276 e. The summed E-state index contributed by atoms with van der Waals surface area (Å²) < 4.78 is 16.5. The van der Waals surface area contributed by atoms with Gasteiger partial charge in [0.05, 0.1) is 16.3 Å². The van der Waals surface area contributed by atoms with Gasteiger partial charge in [-0.1, -0.05) is 36.4 Å². The van der Waals surface area contributed by atoms with E-state index < -0.39 is 5.82 Å². The van der Waals surface area contributed by atoms with E-state index in [1.54, 1.807) is 36.2 Å². The molecular weight excluding hydrogens is 537 g/mol. The van der Waals surface area contributed by atoms with E-state index in [2.05, 4.69) is 14.9 Å². The Hall–Kier alpha value is -4.63. The summed E-state index contributed by atoms with van der Waals surface area (Å²) in [6.07, 6.45) is 6.56. The second-order valence-corrected chi connectivity index (χ2v) is 11.4. The summed E-state index contributed by atoms with van der Waals surface area (Å²) in [5.41, 5.74) is 4.49. The minimum absolute atomic E-state index is 0.188. The Labute approximate surface area is 240 Å². The van der Waals surface area contributed by atoms with Crippen LogP contribution in [0.1, 0.15) is 50.2 Å². The van der Waals surface area contributed by atoms with Crippen LogP contribution < -0.4 is 10.2 Å². The van der Waals surface area contributed by atoms with Crippen molar-refractivity contribution in [3.63, 3.8) is 0 Å². The van der Waals surface area contributed by atoms with Crippen molar-refractivity contribution in [3.8, 4) is 22.0 Å². The second kappa shape index (κ2) is 10.1. The number of rotatable bonds is 5. The molecule has 0 bridgehead atoms. The van der Waals surface area contributed by atoms with Gasteiger partial charge in [-0.05, 0) is 67.6 Å². The molecule has 0 saturated heterocycles. The van der Waals surface area contributed by atoms with Crippen molar-refractivity contribution >= 4 is 34.5 Å². The number of aryl methyl sites for hydroxylation is 1. The number of carbonyl (C=O) groups excluding carboxylic acids is 2. The van der Waals surface area contributed by atoms with Crippen LogP contribution in [0, 0.1) is 12.7 Å². The molecule has 204 valence electrons. The van der Waals surface area contributed by atoms with Crippen molar-refractivity contribution in [2.24, 2.45) is 0 Å². The number of amides is 2. The predicted molar refractivity (Wildman–Crippen MR) is 158 cm³/mol. The van der Waals surface area contributed by atoms with Crippen molar-refractivity contribution in [3.05, 3.63) is 107 Å². The van der Waals surface area contributed by atoms with Crippen LogP contribution in [0.2, 0.25) is 0 Å². The average molecular weight is 564 g/mol. The first kappa shape index (κ1) is 25.3. The number of halogens is 1. The van der Waals surface area contributed by atoms with E-state index in [0.29, 0.717) is 40.8 Å². The highest BCUT2D eigenvalue weighted by atomic mass is 32.1. The normalized spacial score (nSPS) is 14.2. The number of benzene rings is 2. The third-order valence-electron chi connectivity index (χ3n) is 7.59. The monoisotopic (exact) mass is 563 g/mol. The Morgan fingerprint density at radius 3 is 2.71 bits per heavy atom. The van der Waals surface area contributed by atoms with Gasteiger partial charge in [0.1, 0.15) is 17.2 Å². The summed E-state index contributed by atoms with van der Waals surface area (Å²) >= 11 is 1.35. The number of para-hydroxylation sites is 2. The lowest BCUT2D eigenvalue weighted by Crippen LogP contribution is -2.33. The maximum absolute atomic E-state index is 14.4. The number of carbonyl (C=O) groups is 2. The van der Waals surface area contributed by atoms with Gasteiger partial charge in [-0.3, -0.25) is 9.59 Å². The lowest BCUT2D eigenvalue weighted by atomic mass is 10.1. The van der Waals surface area contributed by atoms with E-state index in [1.807, 2.05) is 48.7 Å². The molecule has 7 nitrogen and oxygen atoms in total. The smallest absolute Gasteiger partial charge is 0.276 e. The van der Waals surface area contributed by atoms with Crippen LogP contribution >= 0.6 is 11.3 Å².